The van der Waals surface area contributed by atoms with Crippen LogP contribution >= 0.6 is 24.0 Å². The Bertz CT molecular complexity index is 502. The molecule has 1 aromatic heterocycles. The van der Waals surface area contributed by atoms with E-state index >= 15 is 0 Å². The molecule has 1 aromatic rings. The summed E-state index contributed by atoms with van der Waals surface area (Å²) in [5, 5.41) is 15.7. The number of hydrogen-bond acceptors (Lipinski definition) is 3. The van der Waals surface area contributed by atoms with Gasteiger partial charge in [-0.1, -0.05) is 0 Å². The lowest BCUT2D eigenvalue weighted by Gasteiger charge is -2.20. The second-order valence-electron chi connectivity index (χ2n) is 5.17. The Labute approximate surface area is 150 Å². The van der Waals surface area contributed by atoms with E-state index in [4.69, 9.17) is 4.42 Å². The lowest BCUT2D eigenvalue weighted by Crippen LogP contribution is -2.40. The average Bonchev–Trinajstić information content (AvgIpc) is 2.82. The summed E-state index contributed by atoms with van der Waals surface area (Å²) in [7, 11) is 0. The molecule has 134 valence electrons. The van der Waals surface area contributed by atoms with E-state index in [1.165, 1.54) is 6.92 Å². The molecule has 0 aromatic carbocycles. The maximum atomic E-state index is 12.1. The van der Waals surface area contributed by atoms with Crippen molar-refractivity contribution in [3.05, 3.63) is 23.7 Å². The SMILES string of the molecule is CCNC(=NCC(C)(O)c1ccc(C)o1)NCCC(F)(F)F.I. The van der Waals surface area contributed by atoms with E-state index in [0.29, 0.717) is 18.1 Å². The van der Waals surface area contributed by atoms with Crippen LogP contribution in [0.2, 0.25) is 0 Å². The van der Waals surface area contributed by atoms with Gasteiger partial charge in [-0.3, -0.25) is 0 Å². The van der Waals surface area contributed by atoms with Crippen LogP contribution in [0.5, 0.6) is 0 Å². The van der Waals surface area contributed by atoms with Crippen LogP contribution in [0.4, 0.5) is 13.2 Å². The molecule has 5 nitrogen and oxygen atoms in total. The van der Waals surface area contributed by atoms with Gasteiger partial charge in [0, 0.05) is 13.1 Å². The molecule has 3 N–H and O–H groups in total. The van der Waals surface area contributed by atoms with Crippen molar-refractivity contribution in [2.75, 3.05) is 19.6 Å². The number of nitrogens with zero attached hydrogens (tertiary/aromatic N) is 1. The molecule has 0 saturated carbocycles. The van der Waals surface area contributed by atoms with Crippen LogP contribution in [-0.4, -0.2) is 36.9 Å². The van der Waals surface area contributed by atoms with Gasteiger partial charge in [-0.15, -0.1) is 24.0 Å². The summed E-state index contributed by atoms with van der Waals surface area (Å²) in [5.74, 6) is 1.24. The highest BCUT2D eigenvalue weighted by atomic mass is 127. The molecule has 0 spiro atoms. The summed E-state index contributed by atoms with van der Waals surface area (Å²) in [6, 6.07) is 3.37. The Morgan fingerprint density at radius 1 is 1.30 bits per heavy atom. The van der Waals surface area contributed by atoms with Crippen molar-refractivity contribution in [2.45, 2.75) is 39.0 Å². The van der Waals surface area contributed by atoms with Gasteiger partial charge >= 0.3 is 6.18 Å². The molecule has 0 bridgehead atoms. The molecule has 1 unspecified atom stereocenters. The first-order chi connectivity index (χ1) is 10.1. The first-order valence-corrected chi connectivity index (χ1v) is 7.02. The Morgan fingerprint density at radius 3 is 2.43 bits per heavy atom. The van der Waals surface area contributed by atoms with E-state index in [1.54, 1.807) is 26.0 Å². The van der Waals surface area contributed by atoms with Crippen molar-refractivity contribution in [1.29, 1.82) is 0 Å². The fraction of sp³-hybridized carbons (Fsp3) is 0.643. The predicted octanol–water partition coefficient (Wildman–Crippen LogP) is 2.92. The summed E-state index contributed by atoms with van der Waals surface area (Å²) in [4.78, 5) is 4.11. The number of alkyl halides is 3. The van der Waals surface area contributed by atoms with Crippen molar-refractivity contribution < 1.29 is 22.7 Å². The maximum Gasteiger partial charge on any atom is 0.390 e. The van der Waals surface area contributed by atoms with Crippen LogP contribution in [0.25, 0.3) is 0 Å². The average molecular weight is 449 g/mol. The molecule has 1 atom stereocenters. The van der Waals surface area contributed by atoms with Gasteiger partial charge in [-0.2, -0.15) is 13.2 Å². The molecule has 1 rings (SSSR count). The summed E-state index contributed by atoms with van der Waals surface area (Å²) in [5.41, 5.74) is -1.33. The molecule has 0 amide bonds. The number of aliphatic imine (C=N–C) groups is 1. The lowest BCUT2D eigenvalue weighted by atomic mass is 10.0. The van der Waals surface area contributed by atoms with E-state index in [-0.39, 0.29) is 43.0 Å². The molecule has 0 aliphatic rings. The fourth-order valence-electron chi connectivity index (χ4n) is 1.70. The van der Waals surface area contributed by atoms with Crippen molar-refractivity contribution in [3.63, 3.8) is 0 Å². The van der Waals surface area contributed by atoms with Crippen LogP contribution in [0.3, 0.4) is 0 Å². The summed E-state index contributed by atoms with van der Waals surface area (Å²) >= 11 is 0. The maximum absolute atomic E-state index is 12.1. The number of rotatable bonds is 6. The van der Waals surface area contributed by atoms with Crippen LogP contribution in [0, 0.1) is 6.92 Å². The number of furan rings is 1. The highest BCUT2D eigenvalue weighted by molar-refractivity contribution is 14.0. The molecule has 0 saturated heterocycles. The second kappa shape index (κ2) is 9.36. The Balaban J connectivity index is 0.00000484. The second-order valence-corrected chi connectivity index (χ2v) is 5.17. The topological polar surface area (TPSA) is 69.8 Å². The highest BCUT2D eigenvalue weighted by Gasteiger charge is 2.28. The standard InChI is InChI=1S/C14H22F3N3O2.HI/c1-4-18-12(19-8-7-14(15,16)17)20-9-13(3,21)11-6-5-10(2)22-11;/h5-6,21H,4,7-9H2,1-3H3,(H2,18,19,20);1H. The number of aryl methyl sites for hydroxylation is 1. The molecule has 0 radical (unpaired) electrons. The highest BCUT2D eigenvalue weighted by Crippen LogP contribution is 2.23. The zero-order chi connectivity index (χ0) is 16.8. The zero-order valence-electron chi connectivity index (χ0n) is 13.3. The minimum atomic E-state index is -4.22. The van der Waals surface area contributed by atoms with Crippen molar-refractivity contribution in [2.24, 2.45) is 4.99 Å². The quantitative estimate of drug-likeness (QED) is 0.355. The number of guanidine groups is 1. The Kier molecular flexibility index (Phi) is 8.96. The molecule has 23 heavy (non-hydrogen) atoms. The Hall–Kier alpha value is -0.970. The third-order valence-corrected chi connectivity index (χ3v) is 2.86. The van der Waals surface area contributed by atoms with Crippen molar-refractivity contribution in [3.8, 4) is 0 Å². The summed E-state index contributed by atoms with van der Waals surface area (Å²) in [6.07, 6.45) is -5.17. The molecule has 0 aliphatic heterocycles. The fourth-order valence-corrected chi connectivity index (χ4v) is 1.70. The van der Waals surface area contributed by atoms with Crippen LogP contribution < -0.4 is 10.6 Å². The number of halogens is 4. The van der Waals surface area contributed by atoms with Gasteiger partial charge in [0.15, 0.2) is 5.96 Å². The van der Waals surface area contributed by atoms with Crippen LogP contribution in [-0.2, 0) is 5.60 Å². The van der Waals surface area contributed by atoms with Gasteiger partial charge in [-0.25, -0.2) is 4.99 Å². The minimum absolute atomic E-state index is 0. The summed E-state index contributed by atoms with van der Waals surface area (Å²) in [6.45, 7) is 5.27. The first kappa shape index (κ1) is 22.0. The number of hydrogen-bond donors (Lipinski definition) is 3. The largest absolute Gasteiger partial charge is 0.463 e. The predicted molar refractivity (Wildman–Crippen MR) is 93.1 cm³/mol. The lowest BCUT2D eigenvalue weighted by molar-refractivity contribution is -0.132. The molecule has 0 fully saturated rings. The van der Waals surface area contributed by atoms with Gasteiger partial charge in [0.2, 0.25) is 0 Å². The number of aliphatic hydroxyl groups is 1. The zero-order valence-corrected chi connectivity index (χ0v) is 15.7. The minimum Gasteiger partial charge on any atom is -0.463 e. The monoisotopic (exact) mass is 449 g/mol. The van der Waals surface area contributed by atoms with Crippen LogP contribution in [0.15, 0.2) is 21.5 Å². The summed E-state index contributed by atoms with van der Waals surface area (Å²) < 4.78 is 41.8. The normalized spacial score (nSPS) is 14.8. The van der Waals surface area contributed by atoms with Gasteiger partial charge in [-0.05, 0) is 32.9 Å². The third-order valence-electron chi connectivity index (χ3n) is 2.86. The van der Waals surface area contributed by atoms with Crippen molar-refractivity contribution >= 4 is 29.9 Å². The third kappa shape index (κ3) is 8.45. The van der Waals surface area contributed by atoms with Crippen LogP contribution in [0.1, 0.15) is 31.8 Å². The van der Waals surface area contributed by atoms with E-state index in [9.17, 15) is 18.3 Å². The Morgan fingerprint density at radius 2 is 1.96 bits per heavy atom. The van der Waals surface area contributed by atoms with Gasteiger partial charge in [0.1, 0.15) is 17.1 Å². The van der Waals surface area contributed by atoms with E-state index in [2.05, 4.69) is 15.6 Å². The molecule has 9 heteroatoms. The van der Waals surface area contributed by atoms with Gasteiger partial charge in [0.25, 0.3) is 0 Å². The van der Waals surface area contributed by atoms with Crippen molar-refractivity contribution in [1.82, 2.24) is 10.6 Å². The van der Waals surface area contributed by atoms with Gasteiger partial charge in [0.05, 0.1) is 13.0 Å². The van der Waals surface area contributed by atoms with E-state index < -0.39 is 18.2 Å². The number of nitrogens with one attached hydrogen (secondary N) is 2. The molecule has 1 heterocycles. The first-order valence-electron chi connectivity index (χ1n) is 7.02. The smallest absolute Gasteiger partial charge is 0.390 e. The van der Waals surface area contributed by atoms with E-state index in [1.807, 2.05) is 0 Å². The van der Waals surface area contributed by atoms with Gasteiger partial charge < -0.3 is 20.2 Å². The molecular weight excluding hydrogens is 426 g/mol. The van der Waals surface area contributed by atoms with E-state index in [0.717, 1.165) is 0 Å². The molecule has 0 aliphatic carbocycles. The molecular formula is C14H23F3IN3O2.